The number of rotatable bonds is 5. The molecule has 1 aromatic rings. The van der Waals surface area contributed by atoms with E-state index in [4.69, 9.17) is 21.1 Å². The Bertz CT molecular complexity index is 512. The highest BCUT2D eigenvalue weighted by molar-refractivity contribution is 6.17. The van der Waals surface area contributed by atoms with Gasteiger partial charge in [0, 0.05) is 11.9 Å². The Labute approximate surface area is 115 Å². The largest absolute Gasteiger partial charge is 0.504 e. The second-order valence-electron chi connectivity index (χ2n) is 3.98. The van der Waals surface area contributed by atoms with Gasteiger partial charge in [-0.1, -0.05) is 0 Å². The van der Waals surface area contributed by atoms with E-state index in [9.17, 15) is 15.0 Å². The molecule has 1 atom stereocenters. The predicted molar refractivity (Wildman–Crippen MR) is 69.2 cm³/mol. The topological polar surface area (TPSA) is 76.0 Å². The number of halogens is 1. The second kappa shape index (κ2) is 5.84. The molecule has 0 saturated heterocycles. The number of allylic oxidation sites excluding steroid dienone is 1. The molecule has 1 heterocycles. The number of hydrogen-bond acceptors (Lipinski definition) is 5. The first kappa shape index (κ1) is 13.5. The molecule has 0 radical (unpaired) electrons. The number of benzene rings is 1. The van der Waals surface area contributed by atoms with Crippen LogP contribution >= 0.6 is 11.6 Å². The van der Waals surface area contributed by atoms with E-state index < -0.39 is 5.92 Å². The van der Waals surface area contributed by atoms with Crippen molar-refractivity contribution in [2.75, 3.05) is 12.5 Å². The molecule has 0 saturated carbocycles. The summed E-state index contributed by atoms with van der Waals surface area (Å²) in [5, 5.41) is 19.9. The number of carbonyl (C=O) groups is 1. The smallest absolute Gasteiger partial charge is 0.203 e. The fourth-order valence-electron chi connectivity index (χ4n) is 1.83. The maximum atomic E-state index is 11.0. The van der Waals surface area contributed by atoms with Crippen molar-refractivity contribution in [3.05, 3.63) is 24.0 Å². The zero-order valence-electron chi connectivity index (χ0n) is 10.0. The lowest BCUT2D eigenvalue weighted by Gasteiger charge is -2.20. The van der Waals surface area contributed by atoms with E-state index in [0.717, 1.165) is 0 Å². The molecule has 0 aromatic heterocycles. The van der Waals surface area contributed by atoms with Crippen LogP contribution in [-0.2, 0) is 4.79 Å². The van der Waals surface area contributed by atoms with Crippen LogP contribution in [0.4, 0.5) is 0 Å². The number of hydrogen-bond donors (Lipinski definition) is 2. The number of alkyl halides is 1. The van der Waals surface area contributed by atoms with E-state index in [2.05, 4.69) is 0 Å². The highest BCUT2D eigenvalue weighted by atomic mass is 35.5. The quantitative estimate of drug-likeness (QED) is 0.493. The summed E-state index contributed by atoms with van der Waals surface area (Å²) in [7, 11) is 0. The van der Waals surface area contributed by atoms with Crippen LogP contribution in [0.5, 0.6) is 23.0 Å². The van der Waals surface area contributed by atoms with Gasteiger partial charge in [-0.05, 0) is 12.5 Å². The number of carbonyl (C=O) groups excluding carboxylic acids is 1. The van der Waals surface area contributed by atoms with Gasteiger partial charge in [0.05, 0.1) is 24.4 Å². The van der Waals surface area contributed by atoms with E-state index >= 15 is 0 Å². The van der Waals surface area contributed by atoms with E-state index in [1.165, 1.54) is 18.4 Å². The van der Waals surface area contributed by atoms with Gasteiger partial charge in [0.2, 0.25) is 5.75 Å². The van der Waals surface area contributed by atoms with Crippen molar-refractivity contribution in [3.8, 4) is 23.0 Å². The third kappa shape index (κ3) is 2.61. The highest BCUT2D eigenvalue weighted by Gasteiger charge is 2.26. The van der Waals surface area contributed by atoms with E-state index in [1.807, 2.05) is 0 Å². The molecule has 2 N–H and O–H groups in total. The first-order chi connectivity index (χ1) is 9.19. The summed E-state index contributed by atoms with van der Waals surface area (Å²) in [6.07, 6.45) is 4.10. The minimum atomic E-state index is -0.625. The minimum Gasteiger partial charge on any atom is -0.504 e. The molecule has 0 fully saturated rings. The average Bonchev–Trinajstić information content (AvgIpc) is 2.41. The van der Waals surface area contributed by atoms with Gasteiger partial charge in [0.1, 0.15) is 12.0 Å². The fourth-order valence-corrected chi connectivity index (χ4v) is 1.93. The van der Waals surface area contributed by atoms with Gasteiger partial charge in [-0.3, -0.25) is 0 Å². The van der Waals surface area contributed by atoms with Gasteiger partial charge >= 0.3 is 0 Å². The fraction of sp³-hybridized carbons (Fsp3) is 0.308. The van der Waals surface area contributed by atoms with Crippen molar-refractivity contribution in [3.63, 3.8) is 0 Å². The first-order valence-corrected chi connectivity index (χ1v) is 6.28. The minimum absolute atomic E-state index is 0.0605. The summed E-state index contributed by atoms with van der Waals surface area (Å²) in [5.74, 6) is -0.569. The molecule has 5 nitrogen and oxygen atoms in total. The summed E-state index contributed by atoms with van der Waals surface area (Å²) in [6.45, 7) is 0.256. The normalized spacial score (nSPS) is 16.6. The van der Waals surface area contributed by atoms with Crippen molar-refractivity contribution in [1.29, 1.82) is 0 Å². The molecule has 0 spiro atoms. The van der Waals surface area contributed by atoms with Crippen LogP contribution in [0.2, 0.25) is 0 Å². The SMILES string of the molecule is O=CC1C=COc2cc(O)c(OCCCCl)c(O)c21. The predicted octanol–water partition coefficient (Wildman–Crippen LogP) is 2.29. The Morgan fingerprint density at radius 1 is 1.47 bits per heavy atom. The molecule has 102 valence electrons. The molecule has 6 heteroatoms. The molecule has 19 heavy (non-hydrogen) atoms. The van der Waals surface area contributed by atoms with Crippen LogP contribution in [-0.4, -0.2) is 29.0 Å². The maximum absolute atomic E-state index is 11.0. The number of phenolic OH excluding ortho intramolecular Hbond substituents is 2. The molecule has 1 aliphatic rings. The Morgan fingerprint density at radius 2 is 2.26 bits per heavy atom. The standard InChI is InChI=1S/C13H13ClO5/c14-3-1-4-19-13-9(16)6-10-11(12(13)17)8(7-15)2-5-18-10/h2,5-8,16-17H,1,3-4H2. The Kier molecular flexibility index (Phi) is 4.16. The van der Waals surface area contributed by atoms with Gasteiger partial charge in [0.15, 0.2) is 11.5 Å². The monoisotopic (exact) mass is 284 g/mol. The highest BCUT2D eigenvalue weighted by Crippen LogP contribution is 2.48. The van der Waals surface area contributed by atoms with E-state index in [-0.39, 0.29) is 35.2 Å². The lowest BCUT2D eigenvalue weighted by atomic mass is 9.96. The molecule has 1 aromatic carbocycles. The molecule has 0 aliphatic carbocycles. The number of phenols is 2. The number of ether oxygens (including phenoxy) is 2. The summed E-state index contributed by atoms with van der Waals surface area (Å²) >= 11 is 5.53. The molecule has 1 unspecified atom stereocenters. The van der Waals surface area contributed by atoms with Crippen LogP contribution in [0, 0.1) is 0 Å². The first-order valence-electron chi connectivity index (χ1n) is 5.75. The van der Waals surface area contributed by atoms with Crippen molar-refractivity contribution < 1.29 is 24.5 Å². The van der Waals surface area contributed by atoms with Crippen LogP contribution in [0.15, 0.2) is 18.4 Å². The lowest BCUT2D eigenvalue weighted by Crippen LogP contribution is -2.07. The van der Waals surface area contributed by atoms with Gasteiger partial charge < -0.3 is 24.5 Å². The summed E-state index contributed by atoms with van der Waals surface area (Å²) in [5.41, 5.74) is 0.288. The number of aldehydes is 1. The third-order valence-electron chi connectivity index (χ3n) is 2.72. The molecule has 2 rings (SSSR count). The molecular formula is C13H13ClO5. The maximum Gasteiger partial charge on any atom is 0.203 e. The number of aromatic hydroxyl groups is 2. The van der Waals surface area contributed by atoms with Crippen molar-refractivity contribution in [1.82, 2.24) is 0 Å². The van der Waals surface area contributed by atoms with Crippen LogP contribution in [0.25, 0.3) is 0 Å². The van der Waals surface area contributed by atoms with E-state index in [0.29, 0.717) is 18.6 Å². The molecule has 0 bridgehead atoms. The Morgan fingerprint density at radius 3 is 2.95 bits per heavy atom. The zero-order valence-corrected chi connectivity index (χ0v) is 10.8. The summed E-state index contributed by atoms with van der Waals surface area (Å²) in [6, 6.07) is 1.31. The zero-order chi connectivity index (χ0) is 13.8. The summed E-state index contributed by atoms with van der Waals surface area (Å²) < 4.78 is 10.4. The van der Waals surface area contributed by atoms with Crippen LogP contribution < -0.4 is 9.47 Å². The molecular weight excluding hydrogens is 272 g/mol. The Hall–Kier alpha value is -1.88. The molecule has 1 aliphatic heterocycles. The van der Waals surface area contributed by atoms with Gasteiger partial charge in [0.25, 0.3) is 0 Å². The van der Waals surface area contributed by atoms with Gasteiger partial charge in [-0.15, -0.1) is 11.6 Å². The van der Waals surface area contributed by atoms with Gasteiger partial charge in [-0.25, -0.2) is 0 Å². The lowest BCUT2D eigenvalue weighted by molar-refractivity contribution is -0.108. The summed E-state index contributed by atoms with van der Waals surface area (Å²) in [4.78, 5) is 11.0. The second-order valence-corrected chi connectivity index (χ2v) is 4.36. The van der Waals surface area contributed by atoms with Gasteiger partial charge in [-0.2, -0.15) is 0 Å². The average molecular weight is 285 g/mol. The molecule has 0 amide bonds. The van der Waals surface area contributed by atoms with Crippen molar-refractivity contribution >= 4 is 17.9 Å². The number of fused-ring (bicyclic) bond motifs is 1. The third-order valence-corrected chi connectivity index (χ3v) is 2.99. The van der Waals surface area contributed by atoms with Crippen molar-refractivity contribution in [2.24, 2.45) is 0 Å². The van der Waals surface area contributed by atoms with Crippen LogP contribution in [0.1, 0.15) is 17.9 Å². The van der Waals surface area contributed by atoms with E-state index in [1.54, 1.807) is 0 Å². The Balaban J connectivity index is 2.39. The van der Waals surface area contributed by atoms with Crippen molar-refractivity contribution in [2.45, 2.75) is 12.3 Å². The van der Waals surface area contributed by atoms with Crippen LogP contribution in [0.3, 0.4) is 0 Å².